The number of hydrogen-bond acceptors (Lipinski definition) is 4. The van der Waals surface area contributed by atoms with Gasteiger partial charge in [0.2, 0.25) is 0 Å². The molecule has 0 saturated carbocycles. The number of piperidine rings is 1. The van der Waals surface area contributed by atoms with E-state index in [1.165, 1.54) is 18.6 Å². The summed E-state index contributed by atoms with van der Waals surface area (Å²) in [7, 11) is 1.67. The van der Waals surface area contributed by atoms with Gasteiger partial charge in [0.1, 0.15) is 5.69 Å². The van der Waals surface area contributed by atoms with Crippen LogP contribution in [0.3, 0.4) is 0 Å². The molecule has 0 radical (unpaired) electrons. The molecule has 2 aromatic rings. The van der Waals surface area contributed by atoms with Gasteiger partial charge in [0.05, 0.1) is 0 Å². The van der Waals surface area contributed by atoms with Crippen LogP contribution in [0.5, 0.6) is 0 Å². The lowest BCUT2D eigenvalue weighted by molar-refractivity contribution is -0.135. The maximum atomic E-state index is 12.4. The molecule has 6 heteroatoms. The number of carbonyl (C=O) groups excluding carboxylic acids is 3. The van der Waals surface area contributed by atoms with Gasteiger partial charge in [-0.1, -0.05) is 30.3 Å². The third kappa shape index (κ3) is 4.88. The number of hydrogen-bond donors (Lipinski definition) is 0. The van der Waals surface area contributed by atoms with Crippen molar-refractivity contribution in [3.05, 3.63) is 59.4 Å². The molecule has 1 aromatic heterocycles. The summed E-state index contributed by atoms with van der Waals surface area (Å²) in [6, 6.07) is 11.9. The number of ether oxygens (including phenoxy) is 1. The number of nitrogens with zero attached hydrogens (tertiary/aromatic N) is 2. The highest BCUT2D eigenvalue weighted by Gasteiger charge is 2.24. The van der Waals surface area contributed by atoms with Crippen molar-refractivity contribution in [2.75, 3.05) is 19.7 Å². The quantitative estimate of drug-likeness (QED) is 0.569. The lowest BCUT2D eigenvalue weighted by atomic mass is 9.90. The van der Waals surface area contributed by atoms with Crippen LogP contribution in [0.1, 0.15) is 46.2 Å². The Balaban J connectivity index is 1.45. The Hall–Kier alpha value is -2.89. The van der Waals surface area contributed by atoms with Crippen LogP contribution in [0.25, 0.3) is 0 Å². The average molecular weight is 382 g/mol. The van der Waals surface area contributed by atoms with E-state index >= 15 is 0 Å². The number of rotatable bonds is 6. The maximum Gasteiger partial charge on any atom is 0.355 e. The summed E-state index contributed by atoms with van der Waals surface area (Å²) < 4.78 is 6.72. The van der Waals surface area contributed by atoms with Gasteiger partial charge in [-0.25, -0.2) is 4.79 Å². The molecular formula is C22H26N2O4. The fourth-order valence-corrected chi connectivity index (χ4v) is 3.59. The predicted molar refractivity (Wildman–Crippen MR) is 105 cm³/mol. The molecule has 0 bridgehead atoms. The largest absolute Gasteiger partial charge is 0.451 e. The van der Waals surface area contributed by atoms with Gasteiger partial charge in [0, 0.05) is 31.9 Å². The number of ketones is 1. The number of amides is 1. The molecule has 1 aliphatic rings. The van der Waals surface area contributed by atoms with Crippen molar-refractivity contribution < 1.29 is 19.1 Å². The third-order valence-corrected chi connectivity index (χ3v) is 5.28. The standard InChI is InChI=1S/C22H26N2O4/c1-16(25)19-13-20(23(2)14-19)22(27)28-15-21(26)24-10-8-18(9-11-24)12-17-6-4-3-5-7-17/h3-7,13-14,18H,8-12,15H2,1-2H3. The zero-order valence-corrected chi connectivity index (χ0v) is 16.4. The molecule has 3 rings (SSSR count). The first-order valence-corrected chi connectivity index (χ1v) is 9.60. The average Bonchev–Trinajstić information content (AvgIpc) is 3.09. The topological polar surface area (TPSA) is 68.6 Å². The van der Waals surface area contributed by atoms with E-state index in [0.717, 1.165) is 19.3 Å². The molecule has 1 aliphatic heterocycles. The number of carbonyl (C=O) groups is 3. The van der Waals surface area contributed by atoms with E-state index in [9.17, 15) is 14.4 Å². The van der Waals surface area contributed by atoms with Crippen LogP contribution in [0.4, 0.5) is 0 Å². The van der Waals surface area contributed by atoms with Crippen LogP contribution < -0.4 is 0 Å². The fraction of sp³-hybridized carbons (Fsp3) is 0.409. The van der Waals surface area contributed by atoms with Crippen molar-refractivity contribution in [3.63, 3.8) is 0 Å². The molecule has 2 heterocycles. The van der Waals surface area contributed by atoms with E-state index in [4.69, 9.17) is 4.74 Å². The molecule has 0 unspecified atom stereocenters. The number of benzene rings is 1. The zero-order valence-electron chi connectivity index (χ0n) is 16.4. The van der Waals surface area contributed by atoms with Gasteiger partial charge in [-0.2, -0.15) is 0 Å². The number of aromatic nitrogens is 1. The summed E-state index contributed by atoms with van der Waals surface area (Å²) in [5, 5.41) is 0. The monoisotopic (exact) mass is 382 g/mol. The van der Waals surface area contributed by atoms with Gasteiger partial charge in [0.15, 0.2) is 12.4 Å². The highest BCUT2D eigenvalue weighted by molar-refractivity contribution is 5.98. The summed E-state index contributed by atoms with van der Waals surface area (Å²) >= 11 is 0. The Labute approximate surface area is 165 Å². The van der Waals surface area contributed by atoms with Gasteiger partial charge in [-0.15, -0.1) is 0 Å². The van der Waals surface area contributed by atoms with E-state index in [0.29, 0.717) is 24.6 Å². The lowest BCUT2D eigenvalue weighted by Crippen LogP contribution is -2.41. The Morgan fingerprint density at radius 2 is 1.79 bits per heavy atom. The Morgan fingerprint density at radius 3 is 2.39 bits per heavy atom. The van der Waals surface area contributed by atoms with E-state index in [-0.39, 0.29) is 24.0 Å². The van der Waals surface area contributed by atoms with Crippen LogP contribution in [-0.4, -0.2) is 46.8 Å². The van der Waals surface area contributed by atoms with Gasteiger partial charge >= 0.3 is 5.97 Å². The second-order valence-electron chi connectivity index (χ2n) is 7.37. The predicted octanol–water partition coefficient (Wildman–Crippen LogP) is 2.87. The minimum Gasteiger partial charge on any atom is -0.451 e. The van der Waals surface area contributed by atoms with Gasteiger partial charge in [-0.05, 0) is 43.7 Å². The Morgan fingerprint density at radius 1 is 1.11 bits per heavy atom. The molecule has 1 amide bonds. The molecule has 0 aliphatic carbocycles. The second kappa shape index (κ2) is 8.87. The molecule has 0 N–H and O–H groups in total. The Kier molecular flexibility index (Phi) is 6.29. The van der Waals surface area contributed by atoms with Crippen molar-refractivity contribution in [3.8, 4) is 0 Å². The number of aryl methyl sites for hydroxylation is 1. The maximum absolute atomic E-state index is 12.4. The van der Waals surface area contributed by atoms with Crippen molar-refractivity contribution in [2.24, 2.45) is 13.0 Å². The molecule has 0 spiro atoms. The molecule has 1 fully saturated rings. The van der Waals surface area contributed by atoms with E-state index in [2.05, 4.69) is 24.3 Å². The minimum atomic E-state index is -0.595. The summed E-state index contributed by atoms with van der Waals surface area (Å²) in [6.45, 7) is 2.54. The van der Waals surface area contributed by atoms with Crippen LogP contribution in [0.2, 0.25) is 0 Å². The first-order valence-electron chi connectivity index (χ1n) is 9.60. The minimum absolute atomic E-state index is 0.121. The van der Waals surface area contributed by atoms with Crippen LogP contribution in [0, 0.1) is 5.92 Å². The highest BCUT2D eigenvalue weighted by atomic mass is 16.5. The smallest absolute Gasteiger partial charge is 0.355 e. The number of likely N-dealkylation sites (tertiary alicyclic amines) is 1. The van der Waals surface area contributed by atoms with E-state index in [1.807, 2.05) is 6.07 Å². The summed E-state index contributed by atoms with van der Waals surface area (Å²) in [4.78, 5) is 37.8. The third-order valence-electron chi connectivity index (χ3n) is 5.28. The zero-order chi connectivity index (χ0) is 20.1. The first-order chi connectivity index (χ1) is 13.4. The van der Waals surface area contributed by atoms with Crippen molar-refractivity contribution in [2.45, 2.75) is 26.2 Å². The van der Waals surface area contributed by atoms with Crippen molar-refractivity contribution in [1.82, 2.24) is 9.47 Å². The van der Waals surface area contributed by atoms with Gasteiger partial charge in [-0.3, -0.25) is 9.59 Å². The van der Waals surface area contributed by atoms with E-state index < -0.39 is 5.97 Å². The van der Waals surface area contributed by atoms with Gasteiger partial charge in [0.25, 0.3) is 5.91 Å². The summed E-state index contributed by atoms with van der Waals surface area (Å²) in [6.07, 6.45) is 4.52. The molecule has 1 aromatic carbocycles. The first kappa shape index (κ1) is 19.9. The Bertz CT molecular complexity index is 849. The molecule has 148 valence electrons. The molecule has 0 atom stereocenters. The van der Waals surface area contributed by atoms with Gasteiger partial charge < -0.3 is 14.2 Å². The van der Waals surface area contributed by atoms with E-state index in [1.54, 1.807) is 22.7 Å². The lowest BCUT2D eigenvalue weighted by Gasteiger charge is -2.32. The molecule has 28 heavy (non-hydrogen) atoms. The fourth-order valence-electron chi connectivity index (χ4n) is 3.59. The molecule has 1 saturated heterocycles. The van der Waals surface area contributed by atoms with Crippen molar-refractivity contribution in [1.29, 1.82) is 0 Å². The van der Waals surface area contributed by atoms with Crippen LogP contribution in [-0.2, 0) is 23.0 Å². The number of esters is 1. The second-order valence-corrected chi connectivity index (χ2v) is 7.37. The number of Topliss-reactive ketones (excluding diaryl/α,β-unsaturated/α-hetero) is 1. The highest BCUT2D eigenvalue weighted by Crippen LogP contribution is 2.21. The van der Waals surface area contributed by atoms with Crippen LogP contribution in [0.15, 0.2) is 42.6 Å². The molecular weight excluding hydrogens is 356 g/mol. The SMILES string of the molecule is CC(=O)c1cc(C(=O)OCC(=O)N2CCC(Cc3ccccc3)CC2)n(C)c1. The summed E-state index contributed by atoms with van der Waals surface area (Å²) in [5.74, 6) is -0.318. The molecule has 6 nitrogen and oxygen atoms in total. The van der Waals surface area contributed by atoms with Crippen molar-refractivity contribution >= 4 is 17.7 Å². The van der Waals surface area contributed by atoms with Crippen LogP contribution >= 0.6 is 0 Å². The summed E-state index contributed by atoms with van der Waals surface area (Å²) in [5.41, 5.74) is 2.04. The normalized spacial score (nSPS) is 14.7.